The molecule has 0 unspecified atom stereocenters. The number of benzene rings is 1. The van der Waals surface area contributed by atoms with Gasteiger partial charge >= 0.3 is 0 Å². The van der Waals surface area contributed by atoms with Crippen molar-refractivity contribution in [2.45, 2.75) is 0 Å². The van der Waals surface area contributed by atoms with Gasteiger partial charge in [-0.1, -0.05) is 12.6 Å². The SMILES string of the molecule is C=CC(=O)Nc1cccc(Oc2ncnc3[nH]c(-c4ccc(N5CCN(C)CC5)nc4)cc23)c1. The number of carbonyl (C=O) groups is 1. The van der Waals surface area contributed by atoms with E-state index in [4.69, 9.17) is 4.74 Å². The highest BCUT2D eigenvalue weighted by Gasteiger charge is 2.16. The number of nitrogens with one attached hydrogen (secondary N) is 2. The highest BCUT2D eigenvalue weighted by molar-refractivity contribution is 5.99. The fraction of sp³-hybridized carbons (Fsp3) is 0.200. The molecule has 0 saturated carbocycles. The maximum Gasteiger partial charge on any atom is 0.247 e. The Morgan fingerprint density at radius 3 is 2.74 bits per heavy atom. The fourth-order valence-corrected chi connectivity index (χ4v) is 3.86. The third-order valence-corrected chi connectivity index (χ3v) is 5.78. The first-order valence-electron chi connectivity index (χ1n) is 11.0. The van der Waals surface area contributed by atoms with Crippen LogP contribution in [0, 0.1) is 0 Å². The van der Waals surface area contributed by atoms with E-state index in [1.807, 2.05) is 12.3 Å². The number of carbonyl (C=O) groups excluding carboxylic acids is 1. The largest absolute Gasteiger partial charge is 0.438 e. The van der Waals surface area contributed by atoms with Gasteiger partial charge in [0, 0.05) is 55.4 Å². The van der Waals surface area contributed by atoms with Crippen LogP contribution in [-0.4, -0.2) is 64.0 Å². The molecule has 2 N–H and O–H groups in total. The predicted molar refractivity (Wildman–Crippen MR) is 132 cm³/mol. The third kappa shape index (κ3) is 4.60. The van der Waals surface area contributed by atoms with Gasteiger partial charge in [-0.05, 0) is 43.5 Å². The molecule has 0 aliphatic carbocycles. The van der Waals surface area contributed by atoms with Gasteiger partial charge < -0.3 is 24.8 Å². The van der Waals surface area contributed by atoms with Crippen LogP contribution in [0.3, 0.4) is 0 Å². The van der Waals surface area contributed by atoms with Crippen LogP contribution in [0.15, 0.2) is 67.6 Å². The Morgan fingerprint density at radius 1 is 1.12 bits per heavy atom. The number of piperazine rings is 1. The number of ether oxygens (including phenoxy) is 1. The number of anilines is 2. The first-order chi connectivity index (χ1) is 16.6. The van der Waals surface area contributed by atoms with Crippen molar-refractivity contribution in [3.8, 4) is 22.9 Å². The smallest absolute Gasteiger partial charge is 0.247 e. The highest BCUT2D eigenvalue weighted by Crippen LogP contribution is 2.31. The lowest BCUT2D eigenvalue weighted by molar-refractivity contribution is -0.111. The Hall–Kier alpha value is -4.24. The number of likely N-dealkylation sites (N-methyl/N-ethyl adjacent to an activating group) is 1. The van der Waals surface area contributed by atoms with E-state index in [1.54, 1.807) is 24.3 Å². The Labute approximate surface area is 197 Å². The molecule has 1 fully saturated rings. The first kappa shape index (κ1) is 21.6. The molecule has 9 heteroatoms. The standard InChI is InChI=1S/C25H25N7O2/c1-3-23(33)29-18-5-4-6-19(13-18)34-25-20-14-21(30-24(20)27-16-28-25)17-7-8-22(26-15-17)32-11-9-31(2)10-12-32/h3-8,13-16H,1,9-12H2,2H3,(H,29,33)(H,27,28,30). The summed E-state index contributed by atoms with van der Waals surface area (Å²) in [6.45, 7) is 7.50. The first-order valence-corrected chi connectivity index (χ1v) is 11.0. The van der Waals surface area contributed by atoms with Gasteiger partial charge in [0.25, 0.3) is 0 Å². The molecule has 4 heterocycles. The molecule has 9 nitrogen and oxygen atoms in total. The van der Waals surface area contributed by atoms with E-state index in [2.05, 4.69) is 60.8 Å². The zero-order chi connectivity index (χ0) is 23.5. The number of amides is 1. The van der Waals surface area contributed by atoms with Gasteiger partial charge in [0.05, 0.1) is 5.39 Å². The topological polar surface area (TPSA) is 99.3 Å². The summed E-state index contributed by atoms with van der Waals surface area (Å²) in [6, 6.07) is 13.2. The molecule has 0 radical (unpaired) electrons. The summed E-state index contributed by atoms with van der Waals surface area (Å²) >= 11 is 0. The number of rotatable bonds is 6. The van der Waals surface area contributed by atoms with Crippen LogP contribution in [0.25, 0.3) is 22.3 Å². The summed E-state index contributed by atoms with van der Waals surface area (Å²) in [5.41, 5.74) is 3.11. The molecule has 34 heavy (non-hydrogen) atoms. The summed E-state index contributed by atoms with van der Waals surface area (Å²) in [7, 11) is 2.14. The quantitative estimate of drug-likeness (QED) is 0.428. The Morgan fingerprint density at radius 2 is 1.97 bits per heavy atom. The van der Waals surface area contributed by atoms with E-state index in [9.17, 15) is 4.79 Å². The van der Waals surface area contributed by atoms with Crippen molar-refractivity contribution in [2.75, 3.05) is 43.4 Å². The molecule has 172 valence electrons. The number of aromatic amines is 1. The Kier molecular flexibility index (Phi) is 5.92. The van der Waals surface area contributed by atoms with E-state index in [-0.39, 0.29) is 5.91 Å². The van der Waals surface area contributed by atoms with Crippen molar-refractivity contribution >= 4 is 28.4 Å². The van der Waals surface area contributed by atoms with Crippen LogP contribution in [0.2, 0.25) is 0 Å². The monoisotopic (exact) mass is 455 g/mol. The van der Waals surface area contributed by atoms with E-state index in [0.29, 0.717) is 23.0 Å². The van der Waals surface area contributed by atoms with Gasteiger partial charge in [0.15, 0.2) is 0 Å². The molecule has 1 saturated heterocycles. The van der Waals surface area contributed by atoms with Crippen LogP contribution >= 0.6 is 0 Å². The van der Waals surface area contributed by atoms with Crippen molar-refractivity contribution in [3.05, 3.63) is 67.6 Å². The molecule has 4 aromatic rings. The van der Waals surface area contributed by atoms with E-state index in [1.165, 1.54) is 12.4 Å². The van der Waals surface area contributed by atoms with Crippen molar-refractivity contribution in [2.24, 2.45) is 0 Å². The molecule has 3 aromatic heterocycles. The Balaban J connectivity index is 1.37. The predicted octanol–water partition coefficient (Wildman–Crippen LogP) is 3.69. The minimum atomic E-state index is -0.288. The van der Waals surface area contributed by atoms with Crippen molar-refractivity contribution in [1.29, 1.82) is 0 Å². The number of nitrogens with zero attached hydrogens (tertiary/aromatic N) is 5. The van der Waals surface area contributed by atoms with Gasteiger partial charge in [-0.15, -0.1) is 0 Å². The van der Waals surface area contributed by atoms with Crippen molar-refractivity contribution in [1.82, 2.24) is 24.8 Å². The Bertz CT molecular complexity index is 1320. The van der Waals surface area contributed by atoms with Crippen LogP contribution in [0.5, 0.6) is 11.6 Å². The van der Waals surface area contributed by atoms with Crippen molar-refractivity contribution in [3.63, 3.8) is 0 Å². The van der Waals surface area contributed by atoms with Gasteiger partial charge in [-0.2, -0.15) is 0 Å². The summed E-state index contributed by atoms with van der Waals surface area (Å²) in [4.78, 5) is 32.9. The third-order valence-electron chi connectivity index (χ3n) is 5.78. The highest BCUT2D eigenvalue weighted by atomic mass is 16.5. The van der Waals surface area contributed by atoms with Crippen molar-refractivity contribution < 1.29 is 9.53 Å². The molecule has 0 atom stereocenters. The fourth-order valence-electron chi connectivity index (χ4n) is 3.86. The summed E-state index contributed by atoms with van der Waals surface area (Å²) in [6.07, 6.45) is 4.55. The van der Waals surface area contributed by atoms with Gasteiger partial charge in [-0.3, -0.25) is 4.79 Å². The average molecular weight is 456 g/mol. The number of aromatic nitrogens is 4. The lowest BCUT2D eigenvalue weighted by atomic mass is 10.2. The molecule has 1 aliphatic heterocycles. The second-order valence-corrected chi connectivity index (χ2v) is 8.14. The van der Waals surface area contributed by atoms with E-state index >= 15 is 0 Å². The molecule has 1 aromatic carbocycles. The summed E-state index contributed by atoms with van der Waals surface area (Å²) < 4.78 is 6.03. The van der Waals surface area contributed by atoms with Gasteiger partial charge in [-0.25, -0.2) is 15.0 Å². The molecule has 1 aliphatic rings. The molecule has 1 amide bonds. The zero-order valence-corrected chi connectivity index (χ0v) is 18.9. The molecule has 5 rings (SSSR count). The number of hydrogen-bond donors (Lipinski definition) is 2. The number of H-pyrrole nitrogens is 1. The lowest BCUT2D eigenvalue weighted by Crippen LogP contribution is -2.44. The van der Waals surface area contributed by atoms with Crippen LogP contribution in [-0.2, 0) is 4.79 Å². The molecule has 0 bridgehead atoms. The maximum absolute atomic E-state index is 11.6. The minimum absolute atomic E-state index is 0.288. The summed E-state index contributed by atoms with van der Waals surface area (Å²) in [5, 5.41) is 3.47. The van der Waals surface area contributed by atoms with Crippen LogP contribution < -0.4 is 15.0 Å². The van der Waals surface area contributed by atoms with Crippen LogP contribution in [0.1, 0.15) is 0 Å². The van der Waals surface area contributed by atoms with Gasteiger partial charge in [0.1, 0.15) is 23.5 Å². The van der Waals surface area contributed by atoms with Gasteiger partial charge in [0.2, 0.25) is 11.8 Å². The molecular weight excluding hydrogens is 430 g/mol. The van der Waals surface area contributed by atoms with E-state index < -0.39 is 0 Å². The second-order valence-electron chi connectivity index (χ2n) is 8.14. The van der Waals surface area contributed by atoms with Crippen LogP contribution in [0.4, 0.5) is 11.5 Å². The number of hydrogen-bond acceptors (Lipinski definition) is 7. The normalized spacial score (nSPS) is 14.2. The van der Waals surface area contributed by atoms with E-state index in [0.717, 1.165) is 48.6 Å². The molecule has 0 spiro atoms. The molecular formula is C25H25N7O2. The minimum Gasteiger partial charge on any atom is -0.438 e. The number of fused-ring (bicyclic) bond motifs is 1. The summed E-state index contributed by atoms with van der Waals surface area (Å²) in [5.74, 6) is 1.66. The maximum atomic E-state index is 11.6. The number of pyridine rings is 1. The second kappa shape index (κ2) is 9.32. The zero-order valence-electron chi connectivity index (χ0n) is 18.9. The average Bonchev–Trinajstić information content (AvgIpc) is 3.30. The lowest BCUT2D eigenvalue weighted by Gasteiger charge is -2.33.